The predicted molar refractivity (Wildman–Crippen MR) is 279 cm³/mol. The fourth-order valence-electron chi connectivity index (χ4n) is 6.79. The molecule has 0 aliphatic heterocycles. The normalized spacial score (nSPS) is 13.1. The third kappa shape index (κ3) is 50.7. The first-order valence-corrected chi connectivity index (χ1v) is 26.1. The number of hydrogen-bond acceptors (Lipinski definition) is 6. The van der Waals surface area contributed by atoms with Crippen LogP contribution in [0, 0.1) is 0 Å². The summed E-state index contributed by atoms with van der Waals surface area (Å²) >= 11 is 0. The van der Waals surface area contributed by atoms with Crippen molar-refractivity contribution in [2.24, 2.45) is 0 Å². The average Bonchev–Trinajstić information content (AvgIpc) is 3.30. The number of allylic oxidation sites excluding steroid dienone is 20. The van der Waals surface area contributed by atoms with Crippen LogP contribution < -0.4 is 0 Å². The van der Waals surface area contributed by atoms with Crippen molar-refractivity contribution in [1.29, 1.82) is 0 Å². The minimum absolute atomic E-state index is 0.0973. The van der Waals surface area contributed by atoms with E-state index >= 15 is 0 Å². The molecule has 0 bridgehead atoms. The van der Waals surface area contributed by atoms with Crippen LogP contribution in [0.1, 0.15) is 213 Å². The molecule has 0 aliphatic carbocycles. The molecule has 6 nitrogen and oxygen atoms in total. The summed E-state index contributed by atoms with van der Waals surface area (Å²) in [5.74, 6) is -0.958. The van der Waals surface area contributed by atoms with Gasteiger partial charge in [-0.1, -0.05) is 245 Å². The van der Waals surface area contributed by atoms with Crippen molar-refractivity contribution in [1.82, 2.24) is 0 Å². The quantitative estimate of drug-likeness (QED) is 0.0199. The van der Waals surface area contributed by atoms with Crippen molar-refractivity contribution in [3.05, 3.63) is 122 Å². The Balaban J connectivity index is 4.45. The van der Waals surface area contributed by atoms with Crippen LogP contribution in [-0.4, -0.2) is 37.2 Å². The van der Waals surface area contributed by atoms with Crippen LogP contribution in [-0.2, 0) is 28.6 Å². The molecule has 6 heteroatoms. The molecule has 0 aliphatic rings. The number of carbonyl (C=O) groups excluding carboxylic acids is 3. The Kier molecular flexibility index (Phi) is 49.1. The molecule has 0 rings (SSSR count). The van der Waals surface area contributed by atoms with Crippen molar-refractivity contribution in [2.75, 3.05) is 13.2 Å². The molecule has 366 valence electrons. The zero-order valence-corrected chi connectivity index (χ0v) is 41.7. The zero-order chi connectivity index (χ0) is 47.2. The monoisotopic (exact) mass is 899 g/mol. The summed E-state index contributed by atoms with van der Waals surface area (Å²) in [6.45, 7) is 6.31. The van der Waals surface area contributed by atoms with E-state index < -0.39 is 6.10 Å². The molecular weight excluding hydrogens is 805 g/mol. The van der Waals surface area contributed by atoms with Crippen LogP contribution in [0.5, 0.6) is 0 Å². The number of ether oxygens (including phenoxy) is 3. The van der Waals surface area contributed by atoms with Gasteiger partial charge in [0.25, 0.3) is 0 Å². The van der Waals surface area contributed by atoms with Crippen molar-refractivity contribution < 1.29 is 28.6 Å². The van der Waals surface area contributed by atoms with E-state index in [0.717, 1.165) is 96.3 Å². The number of hydrogen-bond donors (Lipinski definition) is 0. The molecule has 0 aromatic carbocycles. The summed E-state index contributed by atoms with van der Waals surface area (Å²) in [5, 5.41) is 0. The summed E-state index contributed by atoms with van der Waals surface area (Å²) in [5.41, 5.74) is 0. The fourth-order valence-corrected chi connectivity index (χ4v) is 6.79. The van der Waals surface area contributed by atoms with E-state index in [1.165, 1.54) is 77.0 Å². The maximum absolute atomic E-state index is 12.8. The first kappa shape index (κ1) is 60.8. The number of rotatable bonds is 45. The summed E-state index contributed by atoms with van der Waals surface area (Å²) < 4.78 is 16.7. The predicted octanol–water partition coefficient (Wildman–Crippen LogP) is 17.3. The second-order valence-electron chi connectivity index (χ2n) is 16.9. The van der Waals surface area contributed by atoms with Gasteiger partial charge in [0.2, 0.25) is 0 Å². The molecule has 0 N–H and O–H groups in total. The Labute approximate surface area is 399 Å². The molecule has 0 heterocycles. The van der Waals surface area contributed by atoms with Crippen LogP contribution in [0.3, 0.4) is 0 Å². The van der Waals surface area contributed by atoms with Crippen LogP contribution in [0.4, 0.5) is 0 Å². The lowest BCUT2D eigenvalue weighted by atomic mass is 10.1. The van der Waals surface area contributed by atoms with E-state index in [1.807, 2.05) is 72.9 Å². The van der Waals surface area contributed by atoms with E-state index in [2.05, 4.69) is 69.4 Å². The summed E-state index contributed by atoms with van der Waals surface area (Å²) in [4.78, 5) is 37.9. The molecule has 0 saturated heterocycles. The van der Waals surface area contributed by atoms with Gasteiger partial charge < -0.3 is 14.2 Å². The standard InChI is InChI=1S/C59H94O6/c1-4-7-10-13-16-19-21-23-25-27-29-31-33-35-37-40-43-46-49-52-58(61)64-55-56(54-63-57(60)51-48-45-42-39-18-15-12-9-6-3)65-59(62)53-50-47-44-41-38-36-34-32-30-28-26-24-22-20-17-14-11-8-5-2/h7-8,10-11,13,16-17,19-21,23-27,29,31,33,35,37,56H,4-6,9,12,14-15,18,22,28,30,32,34,36,38-55H2,1-3H3/b10-7-,11-8-,16-13-,20-17-,21-19-,25-23-,26-24-,29-27+,33-31-,37-35-. The average molecular weight is 899 g/mol. The van der Waals surface area contributed by atoms with Gasteiger partial charge in [-0.25, -0.2) is 0 Å². The van der Waals surface area contributed by atoms with Gasteiger partial charge in [-0.05, 0) is 70.6 Å². The second-order valence-corrected chi connectivity index (χ2v) is 16.9. The molecule has 1 unspecified atom stereocenters. The third-order valence-corrected chi connectivity index (χ3v) is 10.7. The van der Waals surface area contributed by atoms with Gasteiger partial charge in [0, 0.05) is 19.3 Å². The Morgan fingerprint density at radius 3 is 1.14 bits per heavy atom. The molecular formula is C59H94O6. The molecule has 0 aromatic heterocycles. The maximum atomic E-state index is 12.8. The highest BCUT2D eigenvalue weighted by Gasteiger charge is 2.19. The Morgan fingerprint density at radius 2 is 0.677 bits per heavy atom. The van der Waals surface area contributed by atoms with Gasteiger partial charge in [-0.15, -0.1) is 0 Å². The molecule has 0 amide bonds. The summed E-state index contributed by atoms with van der Waals surface area (Å²) in [6, 6.07) is 0. The number of esters is 3. The summed E-state index contributed by atoms with van der Waals surface area (Å²) in [6.07, 6.45) is 71.8. The Hall–Kier alpha value is -4.19. The van der Waals surface area contributed by atoms with Gasteiger partial charge in [0.05, 0.1) is 0 Å². The van der Waals surface area contributed by atoms with Gasteiger partial charge >= 0.3 is 17.9 Å². The van der Waals surface area contributed by atoms with Gasteiger partial charge in [-0.3, -0.25) is 14.4 Å². The molecule has 1 atom stereocenters. The van der Waals surface area contributed by atoms with Gasteiger partial charge in [0.1, 0.15) is 13.2 Å². The highest BCUT2D eigenvalue weighted by atomic mass is 16.6. The lowest BCUT2D eigenvalue weighted by Crippen LogP contribution is -2.30. The van der Waals surface area contributed by atoms with E-state index in [-0.39, 0.29) is 31.1 Å². The topological polar surface area (TPSA) is 78.9 Å². The van der Waals surface area contributed by atoms with E-state index in [4.69, 9.17) is 14.2 Å². The van der Waals surface area contributed by atoms with Crippen LogP contribution in [0.2, 0.25) is 0 Å². The van der Waals surface area contributed by atoms with E-state index in [0.29, 0.717) is 19.3 Å². The van der Waals surface area contributed by atoms with Crippen LogP contribution >= 0.6 is 0 Å². The van der Waals surface area contributed by atoms with Gasteiger partial charge in [-0.2, -0.15) is 0 Å². The molecule has 0 aromatic rings. The number of carbonyl (C=O) groups is 3. The van der Waals surface area contributed by atoms with Crippen molar-refractivity contribution in [2.45, 2.75) is 219 Å². The smallest absolute Gasteiger partial charge is 0.306 e. The number of unbranched alkanes of at least 4 members (excludes halogenated alkanes) is 20. The first-order chi connectivity index (χ1) is 32.0. The van der Waals surface area contributed by atoms with Crippen LogP contribution in [0.25, 0.3) is 0 Å². The molecule has 0 saturated carbocycles. The fraction of sp³-hybridized carbons (Fsp3) is 0.610. The minimum Gasteiger partial charge on any atom is -0.462 e. The highest BCUT2D eigenvalue weighted by Crippen LogP contribution is 2.14. The molecule has 0 fully saturated rings. The van der Waals surface area contributed by atoms with E-state index in [1.54, 1.807) is 0 Å². The first-order valence-electron chi connectivity index (χ1n) is 26.1. The zero-order valence-electron chi connectivity index (χ0n) is 41.7. The third-order valence-electron chi connectivity index (χ3n) is 10.7. The van der Waals surface area contributed by atoms with Crippen molar-refractivity contribution in [3.8, 4) is 0 Å². The molecule has 0 spiro atoms. The molecule has 0 radical (unpaired) electrons. The SMILES string of the molecule is CC\C=C/C=C\C=C/C=C\C=C\C=C/C=C\CCCCCC(=O)OCC(COC(=O)CCCCCCCCCCC)OC(=O)CCCCCCCCCCC/C=C\C/C=C\C/C=C\CC. The van der Waals surface area contributed by atoms with Crippen LogP contribution in [0.15, 0.2) is 122 Å². The molecule has 65 heavy (non-hydrogen) atoms. The van der Waals surface area contributed by atoms with Crippen molar-refractivity contribution >= 4 is 17.9 Å². The Bertz CT molecular complexity index is 1400. The lowest BCUT2D eigenvalue weighted by Gasteiger charge is -2.18. The maximum Gasteiger partial charge on any atom is 0.306 e. The lowest BCUT2D eigenvalue weighted by molar-refractivity contribution is -0.167. The second kappa shape index (κ2) is 52.4. The summed E-state index contributed by atoms with van der Waals surface area (Å²) in [7, 11) is 0. The Morgan fingerprint density at radius 1 is 0.338 bits per heavy atom. The van der Waals surface area contributed by atoms with E-state index in [9.17, 15) is 14.4 Å². The van der Waals surface area contributed by atoms with Crippen molar-refractivity contribution in [3.63, 3.8) is 0 Å². The highest BCUT2D eigenvalue weighted by molar-refractivity contribution is 5.71. The van der Waals surface area contributed by atoms with Gasteiger partial charge in [0.15, 0.2) is 6.10 Å². The minimum atomic E-state index is -0.801. The largest absolute Gasteiger partial charge is 0.462 e.